The zero-order valence-corrected chi connectivity index (χ0v) is 5.42. The number of allylic oxidation sites excluding steroid dienone is 1. The third-order valence-corrected chi connectivity index (χ3v) is 1.34. The van der Waals surface area contributed by atoms with Crippen molar-refractivity contribution in [1.82, 2.24) is 0 Å². The van der Waals surface area contributed by atoms with Crippen molar-refractivity contribution in [2.24, 2.45) is 9.63 Å². The van der Waals surface area contributed by atoms with Crippen LogP contribution >= 0.6 is 0 Å². The summed E-state index contributed by atoms with van der Waals surface area (Å²) in [6.07, 6.45) is 1.41. The van der Waals surface area contributed by atoms with Crippen molar-refractivity contribution in [1.29, 1.82) is 0 Å². The van der Waals surface area contributed by atoms with Crippen LogP contribution in [0.4, 0.5) is 0 Å². The maximum atomic E-state index is 10.3. The van der Waals surface area contributed by atoms with Gasteiger partial charge in [-0.2, -0.15) is 8.42 Å². The van der Waals surface area contributed by atoms with Crippen molar-refractivity contribution in [3.05, 3.63) is 12.0 Å². The van der Waals surface area contributed by atoms with Gasteiger partial charge in [0.15, 0.2) is 0 Å². The Hall–Kier alpha value is -0.910. The van der Waals surface area contributed by atoms with E-state index in [1.165, 1.54) is 6.08 Å². The first-order valence-electron chi connectivity index (χ1n) is 2.18. The largest absolute Gasteiger partial charge is 0.448 e. The molecule has 0 amide bonds. The molecule has 0 aromatic carbocycles. The molecule has 0 saturated heterocycles. The van der Waals surface area contributed by atoms with Gasteiger partial charge in [-0.25, -0.2) is 0 Å². The molecule has 1 aliphatic heterocycles. The van der Waals surface area contributed by atoms with E-state index in [4.69, 9.17) is 0 Å². The molecule has 1 heterocycles. The van der Waals surface area contributed by atoms with Gasteiger partial charge in [-0.05, 0) is 17.5 Å². The van der Waals surface area contributed by atoms with E-state index in [1.54, 1.807) is 6.92 Å². The Bertz CT molecular complexity index is 263. The molecule has 0 bridgehead atoms. The molecule has 6 heteroatoms. The molecule has 0 saturated carbocycles. The number of hydrogen-bond acceptors (Lipinski definition) is 4. The van der Waals surface area contributed by atoms with Gasteiger partial charge in [0.1, 0.15) is 0 Å². The summed E-state index contributed by atoms with van der Waals surface area (Å²) in [6, 6.07) is 0. The Labute approximate surface area is 52.3 Å². The molecule has 0 N–H and O–H groups in total. The van der Waals surface area contributed by atoms with Gasteiger partial charge in [0, 0.05) is 0 Å². The Kier molecular flexibility index (Phi) is 1.24. The van der Waals surface area contributed by atoms with Crippen LogP contribution in [0.15, 0.2) is 21.6 Å². The normalized spacial score (nSPS) is 26.6. The zero-order chi connectivity index (χ0) is 6.91. The van der Waals surface area contributed by atoms with Crippen LogP contribution in [0.1, 0.15) is 6.92 Å². The summed E-state index contributed by atoms with van der Waals surface area (Å²) in [7, 11) is -3.72. The lowest BCUT2D eigenvalue weighted by Crippen LogP contribution is -1.91. The first kappa shape index (κ1) is 6.21. The van der Waals surface area contributed by atoms with E-state index in [0.29, 0.717) is 0 Å². The minimum absolute atomic E-state index is 0.0231. The molecule has 0 aliphatic carbocycles. The maximum Gasteiger partial charge on any atom is 0.448 e. The highest BCUT2D eigenvalue weighted by atomic mass is 32.2. The van der Waals surface area contributed by atoms with E-state index in [1.807, 2.05) is 0 Å². The van der Waals surface area contributed by atoms with E-state index in [0.717, 1.165) is 0 Å². The molecule has 0 unspecified atom stereocenters. The SMILES string of the molecule is CC=C1N=NS(=O)(=O)O1. The summed E-state index contributed by atoms with van der Waals surface area (Å²) >= 11 is 0. The van der Waals surface area contributed by atoms with Crippen molar-refractivity contribution in [3.63, 3.8) is 0 Å². The first-order valence-corrected chi connectivity index (χ1v) is 3.54. The second-order valence-corrected chi connectivity index (χ2v) is 2.51. The van der Waals surface area contributed by atoms with Gasteiger partial charge >= 0.3 is 10.3 Å². The van der Waals surface area contributed by atoms with Crippen LogP contribution < -0.4 is 0 Å². The van der Waals surface area contributed by atoms with Crippen LogP contribution in [0.5, 0.6) is 0 Å². The van der Waals surface area contributed by atoms with Crippen molar-refractivity contribution in [2.45, 2.75) is 6.92 Å². The third kappa shape index (κ3) is 1.26. The summed E-state index contributed by atoms with van der Waals surface area (Å²) < 4.78 is 27.6. The lowest BCUT2D eigenvalue weighted by atomic mass is 10.7. The molecule has 0 radical (unpaired) electrons. The van der Waals surface area contributed by atoms with Crippen LogP contribution in [0, 0.1) is 0 Å². The first-order chi connectivity index (χ1) is 4.14. The standard InChI is InChI=1S/C3H4N2O3S/c1-2-3-4-5-9(6,7)8-3/h2H,1H3. The van der Waals surface area contributed by atoms with Crippen LogP contribution in [0.25, 0.3) is 0 Å². The molecule has 0 atom stereocenters. The fraction of sp³-hybridized carbons (Fsp3) is 0.333. The van der Waals surface area contributed by atoms with Crippen molar-refractivity contribution < 1.29 is 12.6 Å². The highest BCUT2D eigenvalue weighted by molar-refractivity contribution is 7.85. The van der Waals surface area contributed by atoms with Crippen molar-refractivity contribution >= 4 is 10.3 Å². The minimum Gasteiger partial charge on any atom is -0.342 e. The van der Waals surface area contributed by atoms with E-state index in [2.05, 4.69) is 13.8 Å². The van der Waals surface area contributed by atoms with Gasteiger partial charge in [0.25, 0.3) is 5.88 Å². The quantitative estimate of drug-likeness (QED) is 0.504. The number of hydrogen-bond donors (Lipinski definition) is 0. The van der Waals surface area contributed by atoms with Gasteiger partial charge in [-0.15, -0.1) is 0 Å². The molecular formula is C3H4N2O3S. The van der Waals surface area contributed by atoms with Gasteiger partial charge in [-0.1, -0.05) is 5.11 Å². The van der Waals surface area contributed by atoms with Gasteiger partial charge < -0.3 is 4.18 Å². The Morgan fingerprint density at radius 1 is 1.67 bits per heavy atom. The van der Waals surface area contributed by atoms with Crippen LogP contribution in [0.3, 0.4) is 0 Å². The average molecular weight is 148 g/mol. The smallest absolute Gasteiger partial charge is 0.342 e. The van der Waals surface area contributed by atoms with E-state index < -0.39 is 10.3 Å². The van der Waals surface area contributed by atoms with Crippen LogP contribution in [-0.2, 0) is 14.5 Å². The fourth-order valence-corrected chi connectivity index (χ4v) is 0.896. The monoisotopic (exact) mass is 148 g/mol. The molecule has 1 rings (SSSR count). The molecule has 0 fully saturated rings. The second kappa shape index (κ2) is 1.80. The third-order valence-electron chi connectivity index (χ3n) is 0.677. The second-order valence-electron chi connectivity index (χ2n) is 1.32. The topological polar surface area (TPSA) is 68.1 Å². The molecule has 9 heavy (non-hydrogen) atoms. The highest BCUT2D eigenvalue weighted by Crippen LogP contribution is 2.15. The molecule has 0 spiro atoms. The molecule has 1 aliphatic rings. The summed E-state index contributed by atoms with van der Waals surface area (Å²) in [5.41, 5.74) is 0. The summed E-state index contributed by atoms with van der Waals surface area (Å²) in [5.74, 6) is 0.0231. The molecule has 0 aromatic heterocycles. The van der Waals surface area contributed by atoms with Gasteiger partial charge in [-0.3, -0.25) is 0 Å². The average Bonchev–Trinajstić information content (AvgIpc) is 2.10. The zero-order valence-electron chi connectivity index (χ0n) is 4.60. The lowest BCUT2D eigenvalue weighted by Gasteiger charge is -1.86. The number of nitrogens with zero attached hydrogens (tertiary/aromatic N) is 2. The fourth-order valence-electron chi connectivity index (χ4n) is 0.337. The minimum atomic E-state index is -3.72. The van der Waals surface area contributed by atoms with Gasteiger partial charge in [0.2, 0.25) is 0 Å². The Balaban J connectivity index is 2.97. The highest BCUT2D eigenvalue weighted by Gasteiger charge is 2.18. The maximum absolute atomic E-state index is 10.3. The Morgan fingerprint density at radius 3 is 2.56 bits per heavy atom. The molecular weight excluding hydrogens is 144 g/mol. The van der Waals surface area contributed by atoms with Crippen LogP contribution in [0.2, 0.25) is 0 Å². The van der Waals surface area contributed by atoms with Crippen molar-refractivity contribution in [2.75, 3.05) is 0 Å². The van der Waals surface area contributed by atoms with E-state index in [9.17, 15) is 8.42 Å². The predicted octanol–water partition coefficient (Wildman–Crippen LogP) is 0.575. The molecule has 50 valence electrons. The summed E-state index contributed by atoms with van der Waals surface area (Å²) in [6.45, 7) is 1.61. The predicted molar refractivity (Wildman–Crippen MR) is 28.6 cm³/mol. The lowest BCUT2D eigenvalue weighted by molar-refractivity contribution is 0.423. The van der Waals surface area contributed by atoms with Gasteiger partial charge in [0.05, 0.1) is 0 Å². The van der Waals surface area contributed by atoms with E-state index >= 15 is 0 Å². The number of rotatable bonds is 0. The summed E-state index contributed by atoms with van der Waals surface area (Å²) in [4.78, 5) is 0. The van der Waals surface area contributed by atoms with Crippen LogP contribution in [-0.4, -0.2) is 8.42 Å². The molecule has 0 aromatic rings. The Morgan fingerprint density at radius 2 is 2.33 bits per heavy atom. The summed E-state index contributed by atoms with van der Waals surface area (Å²) in [5, 5.41) is 3.18. The van der Waals surface area contributed by atoms with E-state index in [-0.39, 0.29) is 5.88 Å². The molecule has 5 nitrogen and oxygen atoms in total. The van der Waals surface area contributed by atoms with Crippen molar-refractivity contribution in [3.8, 4) is 0 Å².